The van der Waals surface area contributed by atoms with Gasteiger partial charge in [0.2, 0.25) is 0 Å². The van der Waals surface area contributed by atoms with E-state index in [2.05, 4.69) is 31.9 Å². The fourth-order valence-electron chi connectivity index (χ4n) is 0.831. The summed E-state index contributed by atoms with van der Waals surface area (Å²) in [5.41, 5.74) is 0.495. The average molecular weight is 347 g/mol. The topological polar surface area (TPSA) is 17.1 Å². The molecule has 1 nitrogen and oxygen atoms in total. The van der Waals surface area contributed by atoms with Gasteiger partial charge in [-0.2, -0.15) is 0 Å². The van der Waals surface area contributed by atoms with Crippen LogP contribution in [-0.2, 0) is 0 Å². The van der Waals surface area contributed by atoms with Crippen molar-refractivity contribution in [3.8, 4) is 0 Å². The number of carbonyl (C=O) groups excluding carboxylic acids is 1. The van der Waals surface area contributed by atoms with Crippen LogP contribution < -0.4 is 0 Å². The first-order valence-corrected chi connectivity index (χ1v) is 5.80. The maximum atomic E-state index is 11.3. The van der Waals surface area contributed by atoms with E-state index in [4.69, 9.17) is 23.2 Å². The van der Waals surface area contributed by atoms with E-state index in [-0.39, 0.29) is 11.7 Å². The number of hydrogen-bond acceptors (Lipinski definition) is 1. The molecule has 0 saturated carbocycles. The zero-order valence-electron chi connectivity index (χ0n) is 6.28. The van der Waals surface area contributed by atoms with Crippen molar-refractivity contribution in [2.75, 3.05) is 5.88 Å². The summed E-state index contributed by atoms with van der Waals surface area (Å²) in [5, 5.41) is 0.489. The minimum Gasteiger partial charge on any atom is -0.293 e. The van der Waals surface area contributed by atoms with Gasteiger partial charge < -0.3 is 0 Å². The van der Waals surface area contributed by atoms with Gasteiger partial charge in [-0.1, -0.05) is 27.5 Å². The van der Waals surface area contributed by atoms with Gasteiger partial charge in [-0.05, 0) is 28.1 Å². The average Bonchev–Trinajstić information content (AvgIpc) is 2.10. The maximum Gasteiger partial charge on any atom is 0.178 e. The first-order valence-electron chi connectivity index (χ1n) is 3.30. The van der Waals surface area contributed by atoms with E-state index in [0.717, 1.165) is 4.47 Å². The molecule has 0 amide bonds. The lowest BCUT2D eigenvalue weighted by molar-refractivity contribution is 0.102. The summed E-state index contributed by atoms with van der Waals surface area (Å²) < 4.78 is 1.34. The molecule has 5 heteroatoms. The third-order valence-corrected chi connectivity index (χ3v) is 3.50. The Morgan fingerprint density at radius 1 is 1.38 bits per heavy atom. The molecular formula is C8H4Br2Cl2O. The van der Waals surface area contributed by atoms with Crippen LogP contribution in [0.4, 0.5) is 0 Å². The molecule has 1 aromatic rings. The molecule has 0 aromatic heterocycles. The molecule has 13 heavy (non-hydrogen) atoms. The zero-order valence-corrected chi connectivity index (χ0v) is 11.0. The molecule has 1 aromatic carbocycles. The molecule has 0 aliphatic carbocycles. The van der Waals surface area contributed by atoms with Crippen LogP contribution in [-0.4, -0.2) is 11.7 Å². The molecule has 0 saturated heterocycles. The van der Waals surface area contributed by atoms with Crippen molar-refractivity contribution in [3.05, 3.63) is 31.7 Å². The van der Waals surface area contributed by atoms with Crippen LogP contribution in [0.2, 0.25) is 5.02 Å². The lowest BCUT2D eigenvalue weighted by Crippen LogP contribution is -2.01. The molecule has 0 aliphatic heterocycles. The number of hydrogen-bond donors (Lipinski definition) is 0. The molecular weight excluding hydrogens is 343 g/mol. The fraction of sp³-hybridized carbons (Fsp3) is 0.125. The summed E-state index contributed by atoms with van der Waals surface area (Å²) in [5.74, 6) is -0.206. The minimum absolute atomic E-state index is 0.0502. The quantitative estimate of drug-likeness (QED) is 0.443. The summed E-state index contributed by atoms with van der Waals surface area (Å²) in [7, 11) is 0. The van der Waals surface area contributed by atoms with Gasteiger partial charge in [0.1, 0.15) is 0 Å². The normalized spacial score (nSPS) is 10.2. The lowest BCUT2D eigenvalue weighted by Gasteiger charge is -2.04. The second kappa shape index (κ2) is 4.78. The minimum atomic E-state index is -0.156. The van der Waals surface area contributed by atoms with Crippen LogP contribution in [0.1, 0.15) is 10.4 Å². The first kappa shape index (κ1) is 11.5. The summed E-state index contributed by atoms with van der Waals surface area (Å²) in [6.45, 7) is 0. The smallest absolute Gasteiger partial charge is 0.178 e. The predicted molar refractivity (Wildman–Crippen MR) is 61.9 cm³/mol. The molecule has 0 atom stereocenters. The number of Topliss-reactive ketones (excluding diaryl/α,β-unsaturated/α-hetero) is 1. The summed E-state index contributed by atoms with van der Waals surface area (Å²) in [6, 6.07) is 3.39. The van der Waals surface area contributed by atoms with E-state index in [9.17, 15) is 4.79 Å². The predicted octanol–water partition coefficient (Wildman–Crippen LogP) is 4.29. The highest BCUT2D eigenvalue weighted by Gasteiger charge is 2.12. The SMILES string of the molecule is O=C(CCl)c1cc(Br)cc(Cl)c1Br. The molecule has 0 radical (unpaired) electrons. The molecule has 0 spiro atoms. The standard InChI is InChI=1S/C8H4Br2Cl2O/c9-4-1-5(7(13)3-11)8(10)6(12)2-4/h1-2H,3H2. The highest BCUT2D eigenvalue weighted by atomic mass is 79.9. The van der Waals surface area contributed by atoms with Gasteiger partial charge in [0.15, 0.2) is 5.78 Å². The second-order valence-electron chi connectivity index (χ2n) is 2.31. The maximum absolute atomic E-state index is 11.3. The van der Waals surface area contributed by atoms with E-state index in [1.54, 1.807) is 12.1 Å². The molecule has 0 aliphatic rings. The van der Waals surface area contributed by atoms with Gasteiger partial charge in [0.05, 0.1) is 10.9 Å². The number of halogens is 4. The Kier molecular flexibility index (Phi) is 4.23. The van der Waals surface area contributed by atoms with E-state index in [0.29, 0.717) is 15.1 Å². The van der Waals surface area contributed by atoms with Crippen LogP contribution >= 0.6 is 55.1 Å². The number of carbonyl (C=O) groups is 1. The molecule has 0 heterocycles. The summed E-state index contributed by atoms with van der Waals surface area (Å²) in [6.07, 6.45) is 0. The monoisotopic (exact) mass is 344 g/mol. The first-order chi connectivity index (χ1) is 6.06. The fourth-order valence-corrected chi connectivity index (χ4v) is 2.23. The summed E-state index contributed by atoms with van der Waals surface area (Å²) >= 11 is 17.7. The van der Waals surface area contributed by atoms with Crippen molar-refractivity contribution < 1.29 is 4.79 Å². The van der Waals surface area contributed by atoms with Crippen LogP contribution in [0, 0.1) is 0 Å². The molecule has 0 unspecified atom stereocenters. The van der Waals surface area contributed by atoms with E-state index < -0.39 is 0 Å². The number of rotatable bonds is 2. The van der Waals surface area contributed by atoms with Gasteiger partial charge in [0.25, 0.3) is 0 Å². The molecule has 70 valence electrons. The van der Waals surface area contributed by atoms with Crippen LogP contribution in [0.25, 0.3) is 0 Å². The van der Waals surface area contributed by atoms with Crippen molar-refractivity contribution in [2.45, 2.75) is 0 Å². The largest absolute Gasteiger partial charge is 0.293 e. The van der Waals surface area contributed by atoms with E-state index in [1.807, 2.05) is 0 Å². The van der Waals surface area contributed by atoms with E-state index in [1.165, 1.54) is 0 Å². The third kappa shape index (κ3) is 2.69. The van der Waals surface area contributed by atoms with Gasteiger partial charge in [-0.3, -0.25) is 4.79 Å². The Hall–Kier alpha value is 0.430. The van der Waals surface area contributed by atoms with Crippen LogP contribution in [0.15, 0.2) is 21.1 Å². The Bertz CT molecular complexity index is 352. The number of alkyl halides is 1. The highest BCUT2D eigenvalue weighted by molar-refractivity contribution is 9.11. The highest BCUT2D eigenvalue weighted by Crippen LogP contribution is 2.30. The zero-order chi connectivity index (χ0) is 10.0. The van der Waals surface area contributed by atoms with Crippen molar-refractivity contribution >= 4 is 60.8 Å². The van der Waals surface area contributed by atoms with Gasteiger partial charge >= 0.3 is 0 Å². The van der Waals surface area contributed by atoms with Crippen molar-refractivity contribution in [2.24, 2.45) is 0 Å². The Balaban J connectivity index is 3.28. The summed E-state index contributed by atoms with van der Waals surface area (Å²) in [4.78, 5) is 11.3. The van der Waals surface area contributed by atoms with Crippen molar-refractivity contribution in [1.29, 1.82) is 0 Å². The van der Waals surface area contributed by atoms with Gasteiger partial charge in [-0.15, -0.1) is 11.6 Å². The Labute approximate surface area is 103 Å². The third-order valence-electron chi connectivity index (χ3n) is 1.41. The van der Waals surface area contributed by atoms with Gasteiger partial charge in [-0.25, -0.2) is 0 Å². The molecule has 0 N–H and O–H groups in total. The number of ketones is 1. The molecule has 0 bridgehead atoms. The second-order valence-corrected chi connectivity index (χ2v) is 4.69. The molecule has 0 fully saturated rings. The Morgan fingerprint density at radius 2 is 2.00 bits per heavy atom. The Morgan fingerprint density at radius 3 is 2.54 bits per heavy atom. The van der Waals surface area contributed by atoms with Crippen LogP contribution in [0.5, 0.6) is 0 Å². The van der Waals surface area contributed by atoms with E-state index >= 15 is 0 Å². The lowest BCUT2D eigenvalue weighted by atomic mass is 10.1. The van der Waals surface area contributed by atoms with Crippen molar-refractivity contribution in [3.63, 3.8) is 0 Å². The van der Waals surface area contributed by atoms with Crippen LogP contribution in [0.3, 0.4) is 0 Å². The van der Waals surface area contributed by atoms with Gasteiger partial charge in [0, 0.05) is 14.5 Å². The number of benzene rings is 1. The molecule has 1 rings (SSSR count). The van der Waals surface area contributed by atoms with Crippen molar-refractivity contribution in [1.82, 2.24) is 0 Å².